The van der Waals surface area contributed by atoms with Crippen LogP contribution in [0.15, 0.2) is 79.3 Å². The van der Waals surface area contributed by atoms with Gasteiger partial charge in [-0.05, 0) is 66.6 Å². The van der Waals surface area contributed by atoms with Crippen molar-refractivity contribution in [2.45, 2.75) is 44.6 Å². The van der Waals surface area contributed by atoms with E-state index in [1.165, 1.54) is 5.56 Å². The fraction of sp³-hybridized carbons (Fsp3) is 0.250. The van der Waals surface area contributed by atoms with Crippen LogP contribution in [0, 0.1) is 0 Å². The van der Waals surface area contributed by atoms with Crippen LogP contribution >= 0.6 is 0 Å². The summed E-state index contributed by atoms with van der Waals surface area (Å²) in [6.45, 7) is 0. The van der Waals surface area contributed by atoms with Crippen molar-refractivity contribution in [2.75, 3.05) is 0 Å². The highest BCUT2D eigenvalue weighted by Crippen LogP contribution is 2.35. The number of fused-ring (bicyclic) bond motifs is 1. The van der Waals surface area contributed by atoms with E-state index in [-0.39, 0.29) is 11.9 Å². The molecule has 2 aromatic carbocycles. The fourth-order valence-corrected chi connectivity index (χ4v) is 4.59. The van der Waals surface area contributed by atoms with Crippen molar-refractivity contribution in [1.29, 1.82) is 0 Å². The van der Waals surface area contributed by atoms with Gasteiger partial charge < -0.3 is 9.72 Å². The van der Waals surface area contributed by atoms with Gasteiger partial charge in [0, 0.05) is 37.0 Å². The van der Waals surface area contributed by atoms with Gasteiger partial charge in [0.15, 0.2) is 5.78 Å². The Bertz CT molecular complexity index is 1200. The molecule has 33 heavy (non-hydrogen) atoms. The van der Waals surface area contributed by atoms with Crippen molar-refractivity contribution in [3.05, 3.63) is 113 Å². The molecule has 0 bridgehead atoms. The number of carbonyl (C=O) groups excluding carboxylic acids is 1. The molecule has 0 fully saturated rings. The molecule has 5 nitrogen and oxygen atoms in total. The second-order valence-electron chi connectivity index (χ2n) is 8.43. The first-order chi connectivity index (χ1) is 16.3. The summed E-state index contributed by atoms with van der Waals surface area (Å²) in [5.74, 6) is 1.92. The number of aromatic amines is 1. The fourth-order valence-electron chi connectivity index (χ4n) is 4.59. The number of imidazole rings is 1. The zero-order chi connectivity index (χ0) is 22.5. The van der Waals surface area contributed by atoms with Gasteiger partial charge in [-0.1, -0.05) is 36.4 Å². The Labute approximate surface area is 193 Å². The predicted octanol–water partition coefficient (Wildman–Crippen LogP) is 5.47. The first-order valence-electron chi connectivity index (χ1n) is 11.6. The van der Waals surface area contributed by atoms with E-state index >= 15 is 0 Å². The topological polar surface area (TPSA) is 67.9 Å². The highest BCUT2D eigenvalue weighted by molar-refractivity contribution is 5.99. The Hall–Kier alpha value is -3.73. The molecule has 2 heterocycles. The molecule has 1 atom stereocenters. The molecule has 0 saturated heterocycles. The third-order valence-electron chi connectivity index (χ3n) is 6.25. The van der Waals surface area contributed by atoms with Crippen LogP contribution in [0.4, 0.5) is 0 Å². The number of aromatic nitrogens is 3. The van der Waals surface area contributed by atoms with Gasteiger partial charge in [0.25, 0.3) is 0 Å². The van der Waals surface area contributed by atoms with Crippen LogP contribution in [0.2, 0.25) is 0 Å². The van der Waals surface area contributed by atoms with Gasteiger partial charge >= 0.3 is 0 Å². The van der Waals surface area contributed by atoms with Crippen molar-refractivity contribution in [2.24, 2.45) is 0 Å². The second kappa shape index (κ2) is 9.82. The number of nitrogens with zero attached hydrogens (tertiary/aromatic N) is 2. The van der Waals surface area contributed by atoms with Gasteiger partial charge in [0.2, 0.25) is 0 Å². The number of ether oxygens (including phenoxy) is 1. The molecule has 1 N–H and O–H groups in total. The second-order valence-corrected chi connectivity index (χ2v) is 8.43. The summed E-state index contributed by atoms with van der Waals surface area (Å²) in [5.41, 5.74) is 5.29. The van der Waals surface area contributed by atoms with Crippen molar-refractivity contribution in [3.8, 4) is 5.75 Å². The summed E-state index contributed by atoms with van der Waals surface area (Å²) >= 11 is 0. The van der Waals surface area contributed by atoms with Gasteiger partial charge in [0.05, 0.1) is 5.69 Å². The van der Waals surface area contributed by atoms with Gasteiger partial charge in [-0.2, -0.15) is 0 Å². The van der Waals surface area contributed by atoms with E-state index < -0.39 is 0 Å². The number of carbonyl (C=O) groups is 1. The van der Waals surface area contributed by atoms with Crippen LogP contribution in [-0.2, 0) is 25.7 Å². The lowest BCUT2D eigenvalue weighted by atomic mass is 9.85. The Morgan fingerprint density at radius 2 is 1.79 bits per heavy atom. The minimum atomic E-state index is -0.287. The maximum Gasteiger partial charge on any atom is 0.163 e. The first kappa shape index (κ1) is 21.1. The third kappa shape index (κ3) is 4.87. The third-order valence-corrected chi connectivity index (χ3v) is 6.25. The van der Waals surface area contributed by atoms with Crippen LogP contribution in [0.25, 0.3) is 0 Å². The largest absolute Gasteiger partial charge is 0.483 e. The zero-order valence-corrected chi connectivity index (χ0v) is 18.5. The molecule has 1 aliphatic carbocycles. The number of hydrogen-bond donors (Lipinski definition) is 1. The number of nitrogens with one attached hydrogen (secondary N) is 1. The molecular formula is C28H27N3O2. The summed E-state index contributed by atoms with van der Waals surface area (Å²) in [5, 5.41) is 0. The van der Waals surface area contributed by atoms with Gasteiger partial charge in [-0.3, -0.25) is 9.78 Å². The molecule has 0 spiro atoms. The van der Waals surface area contributed by atoms with Crippen LogP contribution in [0.5, 0.6) is 5.75 Å². The molecule has 5 rings (SSSR count). The van der Waals surface area contributed by atoms with E-state index in [9.17, 15) is 4.79 Å². The number of pyridine rings is 1. The smallest absolute Gasteiger partial charge is 0.163 e. The van der Waals surface area contributed by atoms with Crippen molar-refractivity contribution in [3.63, 3.8) is 0 Å². The molecular weight excluding hydrogens is 410 g/mol. The van der Waals surface area contributed by atoms with E-state index in [1.807, 2.05) is 42.6 Å². The Morgan fingerprint density at radius 1 is 0.909 bits per heavy atom. The highest BCUT2D eigenvalue weighted by atomic mass is 16.5. The van der Waals surface area contributed by atoms with Gasteiger partial charge in [-0.25, -0.2) is 4.98 Å². The maximum atomic E-state index is 12.6. The van der Waals surface area contributed by atoms with E-state index in [2.05, 4.69) is 39.2 Å². The summed E-state index contributed by atoms with van der Waals surface area (Å²) < 4.78 is 6.66. The van der Waals surface area contributed by atoms with E-state index in [0.29, 0.717) is 12.8 Å². The quantitative estimate of drug-likeness (QED) is 0.397. The molecule has 2 aromatic heterocycles. The molecule has 1 aliphatic rings. The summed E-state index contributed by atoms with van der Waals surface area (Å²) in [7, 11) is 0. The first-order valence-corrected chi connectivity index (χ1v) is 11.6. The Balaban J connectivity index is 1.50. The number of rotatable bonds is 8. The molecule has 5 heteroatoms. The monoisotopic (exact) mass is 437 g/mol. The standard InChI is InChI=1S/C28H27N3O2/c32-25-11-6-9-21-22(25)14-15-26(23(21)13-12-20-7-2-1-3-8-20)33-27(19-28-30-17-18-31-28)24-10-4-5-16-29-24/h1-5,7-8,10,14-18,27H,6,9,11-13,19H2,(H,30,31). The zero-order valence-electron chi connectivity index (χ0n) is 18.5. The summed E-state index contributed by atoms with van der Waals surface area (Å²) in [4.78, 5) is 24.7. The lowest BCUT2D eigenvalue weighted by Crippen LogP contribution is -2.18. The average Bonchev–Trinajstić information content (AvgIpc) is 3.37. The Morgan fingerprint density at radius 3 is 2.58 bits per heavy atom. The molecule has 0 amide bonds. The predicted molar refractivity (Wildman–Crippen MR) is 127 cm³/mol. The molecule has 1 unspecified atom stereocenters. The van der Waals surface area contributed by atoms with Crippen LogP contribution in [-0.4, -0.2) is 20.7 Å². The van der Waals surface area contributed by atoms with Gasteiger partial charge in [-0.15, -0.1) is 0 Å². The molecule has 0 radical (unpaired) electrons. The van der Waals surface area contributed by atoms with E-state index in [4.69, 9.17) is 4.74 Å². The van der Waals surface area contributed by atoms with Crippen LogP contribution in [0.1, 0.15) is 57.5 Å². The lowest BCUT2D eigenvalue weighted by Gasteiger charge is -2.25. The number of hydrogen-bond acceptors (Lipinski definition) is 4. The van der Waals surface area contributed by atoms with Crippen LogP contribution in [0.3, 0.4) is 0 Å². The number of H-pyrrole nitrogens is 1. The maximum absolute atomic E-state index is 12.6. The van der Waals surface area contributed by atoms with Crippen molar-refractivity contribution < 1.29 is 9.53 Å². The van der Waals surface area contributed by atoms with E-state index in [1.54, 1.807) is 12.4 Å². The molecule has 4 aromatic rings. The van der Waals surface area contributed by atoms with Gasteiger partial charge in [0.1, 0.15) is 17.7 Å². The number of Topliss-reactive ketones (excluding diaryl/α,β-unsaturated/α-hetero) is 1. The number of ketones is 1. The molecule has 166 valence electrons. The highest BCUT2D eigenvalue weighted by Gasteiger charge is 2.25. The number of benzene rings is 2. The minimum Gasteiger partial charge on any atom is -0.483 e. The van der Waals surface area contributed by atoms with Crippen molar-refractivity contribution >= 4 is 5.78 Å². The van der Waals surface area contributed by atoms with Crippen molar-refractivity contribution in [1.82, 2.24) is 15.0 Å². The molecule has 0 saturated carbocycles. The lowest BCUT2D eigenvalue weighted by molar-refractivity contribution is 0.0972. The minimum absolute atomic E-state index is 0.237. The molecule has 0 aliphatic heterocycles. The number of aryl methyl sites for hydroxylation is 1. The average molecular weight is 438 g/mol. The SMILES string of the molecule is O=C1CCCc2c1ccc(OC(Cc1ncc[nH]1)c1ccccn1)c2CCc1ccccc1. The van der Waals surface area contributed by atoms with E-state index in [0.717, 1.165) is 59.6 Å². The van der Waals surface area contributed by atoms with Crippen LogP contribution < -0.4 is 4.74 Å². The summed E-state index contributed by atoms with van der Waals surface area (Å²) in [6, 6.07) is 20.2. The Kier molecular flexibility index (Phi) is 6.29. The normalized spacial score (nSPS) is 14.0. The summed E-state index contributed by atoms with van der Waals surface area (Å²) in [6.07, 6.45) is 9.80.